The van der Waals surface area contributed by atoms with Gasteiger partial charge in [-0.25, -0.2) is 0 Å². The number of carboxylic acid groups (broad SMARTS) is 1. The van der Waals surface area contributed by atoms with Crippen molar-refractivity contribution in [3.63, 3.8) is 0 Å². The summed E-state index contributed by atoms with van der Waals surface area (Å²) in [7, 11) is 0. The maximum atomic E-state index is 10.7. The zero-order valence-corrected chi connectivity index (χ0v) is 8.01. The zero-order chi connectivity index (χ0) is 9.19. The first kappa shape index (κ1) is 9.86. The molecule has 2 atom stereocenters. The first-order chi connectivity index (χ1) is 5.52. The van der Waals surface area contributed by atoms with E-state index in [-0.39, 0.29) is 6.10 Å². The van der Waals surface area contributed by atoms with Crippen molar-refractivity contribution in [3.05, 3.63) is 0 Å². The van der Waals surface area contributed by atoms with Crippen molar-refractivity contribution < 1.29 is 14.6 Å². The molecule has 0 saturated carbocycles. The van der Waals surface area contributed by atoms with Crippen LogP contribution in [0.1, 0.15) is 26.2 Å². The third-order valence-corrected chi connectivity index (χ3v) is 2.48. The molecule has 0 amide bonds. The molecule has 12 heavy (non-hydrogen) atoms. The van der Waals surface area contributed by atoms with Crippen LogP contribution in [0.15, 0.2) is 0 Å². The van der Waals surface area contributed by atoms with E-state index in [0.29, 0.717) is 6.42 Å². The van der Waals surface area contributed by atoms with E-state index in [9.17, 15) is 4.79 Å². The predicted octanol–water partition coefficient (Wildman–Crippen LogP) is 1.33. The average Bonchev–Trinajstić information content (AvgIpc) is 2.38. The molecule has 70 valence electrons. The Morgan fingerprint density at radius 3 is 2.92 bits per heavy atom. The fourth-order valence-corrected chi connectivity index (χ4v) is 1.54. The molecule has 1 aliphatic rings. The van der Waals surface area contributed by atoms with Crippen LogP contribution >= 0.6 is 12.6 Å². The quantitative estimate of drug-likeness (QED) is 0.660. The first-order valence-electron chi connectivity index (χ1n) is 4.10. The lowest BCUT2D eigenvalue weighted by molar-refractivity contribution is -0.140. The van der Waals surface area contributed by atoms with Gasteiger partial charge in [-0.05, 0) is 26.2 Å². The number of carbonyl (C=O) groups is 1. The molecule has 4 heteroatoms. The van der Waals surface area contributed by atoms with Gasteiger partial charge in [0.2, 0.25) is 0 Å². The average molecular weight is 190 g/mol. The van der Waals surface area contributed by atoms with Crippen LogP contribution < -0.4 is 0 Å². The maximum absolute atomic E-state index is 10.7. The van der Waals surface area contributed by atoms with Crippen molar-refractivity contribution in [2.75, 3.05) is 6.61 Å². The molecule has 1 aliphatic heterocycles. The van der Waals surface area contributed by atoms with Crippen LogP contribution in [0.5, 0.6) is 0 Å². The summed E-state index contributed by atoms with van der Waals surface area (Å²) in [6, 6.07) is 0. The summed E-state index contributed by atoms with van der Waals surface area (Å²) in [5.74, 6) is -0.874. The van der Waals surface area contributed by atoms with E-state index in [2.05, 4.69) is 12.6 Å². The number of hydrogen-bond acceptors (Lipinski definition) is 3. The Kier molecular flexibility index (Phi) is 3.01. The van der Waals surface area contributed by atoms with Gasteiger partial charge < -0.3 is 9.84 Å². The van der Waals surface area contributed by atoms with Crippen molar-refractivity contribution >= 4 is 18.6 Å². The molecular formula is C8H14O3S. The van der Waals surface area contributed by atoms with Gasteiger partial charge in [-0.3, -0.25) is 4.79 Å². The van der Waals surface area contributed by atoms with Crippen molar-refractivity contribution in [3.8, 4) is 0 Å². The van der Waals surface area contributed by atoms with Crippen LogP contribution in [0, 0.1) is 0 Å². The SMILES string of the molecule is CC(S)(CC1CCCO1)C(=O)O. The second-order valence-electron chi connectivity index (χ2n) is 3.42. The fraction of sp³-hybridized carbons (Fsp3) is 0.875. The number of thiol groups is 1. The van der Waals surface area contributed by atoms with Crippen molar-refractivity contribution in [2.24, 2.45) is 0 Å². The van der Waals surface area contributed by atoms with Crippen LogP contribution in [0.3, 0.4) is 0 Å². The van der Waals surface area contributed by atoms with Gasteiger partial charge in [0.25, 0.3) is 0 Å². The van der Waals surface area contributed by atoms with Gasteiger partial charge in [0.15, 0.2) is 0 Å². The Balaban J connectivity index is 2.42. The zero-order valence-electron chi connectivity index (χ0n) is 7.12. The Bertz CT molecular complexity index is 173. The van der Waals surface area contributed by atoms with E-state index >= 15 is 0 Å². The number of aliphatic carboxylic acids is 1. The molecule has 1 fully saturated rings. The van der Waals surface area contributed by atoms with Gasteiger partial charge >= 0.3 is 5.97 Å². The largest absolute Gasteiger partial charge is 0.480 e. The van der Waals surface area contributed by atoms with Gasteiger partial charge in [0, 0.05) is 6.61 Å². The highest BCUT2D eigenvalue weighted by atomic mass is 32.1. The predicted molar refractivity (Wildman–Crippen MR) is 48.6 cm³/mol. The molecule has 0 spiro atoms. The third kappa shape index (κ3) is 2.38. The molecule has 1 N–H and O–H groups in total. The van der Waals surface area contributed by atoms with Crippen LogP contribution in [-0.4, -0.2) is 28.5 Å². The molecule has 0 aromatic rings. The van der Waals surface area contributed by atoms with Crippen LogP contribution in [0.25, 0.3) is 0 Å². The fourth-order valence-electron chi connectivity index (χ4n) is 1.34. The molecule has 3 nitrogen and oxygen atoms in total. The van der Waals surface area contributed by atoms with Crippen LogP contribution in [0.2, 0.25) is 0 Å². The third-order valence-electron chi connectivity index (χ3n) is 2.11. The monoisotopic (exact) mass is 190 g/mol. The Morgan fingerprint density at radius 2 is 2.50 bits per heavy atom. The number of hydrogen-bond donors (Lipinski definition) is 2. The smallest absolute Gasteiger partial charge is 0.319 e. The number of rotatable bonds is 3. The minimum Gasteiger partial charge on any atom is -0.480 e. The van der Waals surface area contributed by atoms with E-state index in [1.807, 2.05) is 0 Å². The standard InChI is InChI=1S/C8H14O3S/c1-8(12,7(9)10)5-6-3-2-4-11-6/h6,12H,2-5H2,1H3,(H,9,10). The molecule has 0 bridgehead atoms. The summed E-state index contributed by atoms with van der Waals surface area (Å²) < 4.78 is 4.38. The summed E-state index contributed by atoms with van der Waals surface area (Å²) in [5, 5.41) is 8.77. The Morgan fingerprint density at radius 1 is 1.83 bits per heavy atom. The summed E-state index contributed by atoms with van der Waals surface area (Å²) in [6.07, 6.45) is 2.58. The summed E-state index contributed by atoms with van der Waals surface area (Å²) in [6.45, 7) is 2.37. The van der Waals surface area contributed by atoms with E-state index in [1.54, 1.807) is 6.92 Å². The van der Waals surface area contributed by atoms with Crippen LogP contribution in [0.4, 0.5) is 0 Å². The Hall–Kier alpha value is -0.220. The first-order valence-corrected chi connectivity index (χ1v) is 4.54. The Labute approximate surface area is 77.5 Å². The highest BCUT2D eigenvalue weighted by Gasteiger charge is 2.33. The summed E-state index contributed by atoms with van der Waals surface area (Å²) in [4.78, 5) is 10.7. The molecule has 0 aliphatic carbocycles. The lowest BCUT2D eigenvalue weighted by Crippen LogP contribution is -2.33. The van der Waals surface area contributed by atoms with E-state index in [0.717, 1.165) is 19.4 Å². The molecule has 0 radical (unpaired) electrons. The topological polar surface area (TPSA) is 46.5 Å². The second-order valence-corrected chi connectivity index (χ2v) is 4.41. The van der Waals surface area contributed by atoms with Gasteiger partial charge in [-0.2, -0.15) is 12.6 Å². The lowest BCUT2D eigenvalue weighted by atomic mass is 10.0. The van der Waals surface area contributed by atoms with E-state index in [1.165, 1.54) is 0 Å². The van der Waals surface area contributed by atoms with Gasteiger partial charge in [0.05, 0.1) is 6.10 Å². The van der Waals surface area contributed by atoms with Crippen LogP contribution in [-0.2, 0) is 9.53 Å². The molecule has 0 aromatic carbocycles. The second kappa shape index (κ2) is 3.66. The van der Waals surface area contributed by atoms with Crippen molar-refractivity contribution in [1.29, 1.82) is 0 Å². The van der Waals surface area contributed by atoms with Gasteiger partial charge in [-0.15, -0.1) is 0 Å². The number of ether oxygens (including phenoxy) is 1. The maximum Gasteiger partial charge on any atom is 0.319 e. The van der Waals surface area contributed by atoms with E-state index in [4.69, 9.17) is 9.84 Å². The minimum absolute atomic E-state index is 0.0867. The summed E-state index contributed by atoms with van der Waals surface area (Å²) in [5.41, 5.74) is 0. The molecule has 1 rings (SSSR count). The molecule has 1 saturated heterocycles. The normalized spacial score (nSPS) is 28.3. The minimum atomic E-state index is -0.949. The van der Waals surface area contributed by atoms with Gasteiger partial charge in [-0.1, -0.05) is 0 Å². The molecule has 0 aromatic heterocycles. The summed E-state index contributed by atoms with van der Waals surface area (Å²) >= 11 is 4.08. The van der Waals surface area contributed by atoms with Crippen molar-refractivity contribution in [1.82, 2.24) is 0 Å². The van der Waals surface area contributed by atoms with E-state index < -0.39 is 10.7 Å². The highest BCUT2D eigenvalue weighted by Crippen LogP contribution is 2.27. The molecule has 2 unspecified atom stereocenters. The number of carboxylic acids is 1. The lowest BCUT2D eigenvalue weighted by Gasteiger charge is -2.21. The van der Waals surface area contributed by atoms with Crippen molar-refractivity contribution in [2.45, 2.75) is 37.0 Å². The highest BCUT2D eigenvalue weighted by molar-refractivity contribution is 7.82. The molecule has 1 heterocycles. The molecular weight excluding hydrogens is 176 g/mol. The van der Waals surface area contributed by atoms with Gasteiger partial charge in [0.1, 0.15) is 4.75 Å².